The number of carbonyl (C=O) groups is 1. The number of aliphatic hydroxyl groups excluding tert-OH is 3. The Kier molecular flexibility index (Phi) is 16.3. The van der Waals surface area contributed by atoms with E-state index < -0.39 is 102 Å². The highest BCUT2D eigenvalue weighted by atomic mass is 32.2. The van der Waals surface area contributed by atoms with E-state index >= 15 is 0 Å². The summed E-state index contributed by atoms with van der Waals surface area (Å²) >= 11 is 1.23. The van der Waals surface area contributed by atoms with Gasteiger partial charge in [-0.3, -0.25) is 4.79 Å². The maximum absolute atomic E-state index is 14.3. The average molecular weight is 825 g/mol. The normalized spacial score (nSPS) is 44.7. The van der Waals surface area contributed by atoms with Crippen LogP contribution in [0.15, 0.2) is 39.6 Å². The van der Waals surface area contributed by atoms with Crippen molar-refractivity contribution in [2.24, 2.45) is 33.5 Å². The Morgan fingerprint density at radius 3 is 2.11 bits per heavy atom. The van der Waals surface area contributed by atoms with Gasteiger partial charge in [0.15, 0.2) is 12.6 Å². The largest absolute Gasteiger partial charge is 0.459 e. The Morgan fingerprint density at radius 2 is 1.53 bits per heavy atom. The molecule has 0 spiro atoms. The molecule has 0 radical (unpaired) electrons. The van der Waals surface area contributed by atoms with Crippen LogP contribution in [0.25, 0.3) is 0 Å². The molecule has 14 heteroatoms. The summed E-state index contributed by atoms with van der Waals surface area (Å²) in [5.74, 6) is -3.67. The van der Waals surface area contributed by atoms with Crippen molar-refractivity contribution in [1.82, 2.24) is 4.90 Å². The maximum Gasteiger partial charge on any atom is 0.311 e. The van der Waals surface area contributed by atoms with E-state index in [0.29, 0.717) is 18.6 Å². The number of esters is 1. The summed E-state index contributed by atoms with van der Waals surface area (Å²) in [5.41, 5.74) is -3.63. The van der Waals surface area contributed by atoms with E-state index in [1.165, 1.54) is 18.9 Å². The molecule has 13 nitrogen and oxygen atoms in total. The molecule has 3 aliphatic rings. The lowest BCUT2D eigenvalue weighted by atomic mass is 9.73. The van der Waals surface area contributed by atoms with E-state index in [-0.39, 0.29) is 25.0 Å². The monoisotopic (exact) mass is 824 g/mol. The van der Waals surface area contributed by atoms with Crippen molar-refractivity contribution in [3.8, 4) is 0 Å². The highest BCUT2D eigenvalue weighted by molar-refractivity contribution is 7.98. The van der Waals surface area contributed by atoms with Gasteiger partial charge in [0, 0.05) is 46.9 Å². The molecule has 0 saturated carbocycles. The van der Waals surface area contributed by atoms with E-state index in [0.717, 1.165) is 4.90 Å². The minimum absolute atomic E-state index is 0.0732. The number of cyclic esters (lactones) is 1. The number of likely N-dealkylation sites (N-methyl/N-ethyl adjacent to an activating group) is 1. The van der Waals surface area contributed by atoms with Crippen LogP contribution >= 0.6 is 11.9 Å². The summed E-state index contributed by atoms with van der Waals surface area (Å²) in [6.45, 7) is 19.6. The molecule has 4 rings (SSSR count). The van der Waals surface area contributed by atoms with Gasteiger partial charge in [-0.2, -0.15) is 0 Å². The molecule has 1 aromatic carbocycles. The van der Waals surface area contributed by atoms with Crippen LogP contribution in [0.3, 0.4) is 0 Å². The average Bonchev–Trinajstić information content (AvgIpc) is 3.13. The zero-order valence-electron chi connectivity index (χ0n) is 36.4. The van der Waals surface area contributed by atoms with Crippen LogP contribution in [-0.4, -0.2) is 135 Å². The molecular weight excluding hydrogens is 753 g/mol. The summed E-state index contributed by atoms with van der Waals surface area (Å²) in [6, 6.07) is 9.27. The molecule has 0 aliphatic carbocycles. The molecule has 326 valence electrons. The van der Waals surface area contributed by atoms with Crippen LogP contribution in [0, 0.1) is 29.1 Å². The Labute approximate surface area is 345 Å². The fourth-order valence-corrected chi connectivity index (χ4v) is 10.0. The van der Waals surface area contributed by atoms with E-state index in [1.54, 1.807) is 34.6 Å². The number of rotatable bonds is 8. The van der Waals surface area contributed by atoms with Crippen molar-refractivity contribution in [3.05, 3.63) is 30.3 Å². The standard InChI is InChI=1S/C43H72N2O11S/c1-14-31-43(11,51)36(47)25(4)33(44-57-29-18-16-15-17-19-29)23(2)21-42(10,50)38(56-40-34(46)30(45(12)13)20-24(3)52-40)26(5)35(27(6)39(49)54-31)55-32-22-41(8,9)37(48)28(7)53-32/h15-19,23-28,30-32,34-38,40,46-48,50-51H,14,20-22H2,1-13H3/t23-,24-,25+,26+,27-,28+,30+,31-,32?,34-,35+,36-,37+,38-,40+,42+,43-/m1/s1. The van der Waals surface area contributed by atoms with E-state index in [1.807, 2.05) is 83.9 Å². The molecule has 0 aromatic heterocycles. The Bertz CT molecular complexity index is 1480. The second-order valence-electron chi connectivity index (χ2n) is 18.5. The Balaban J connectivity index is 1.88. The van der Waals surface area contributed by atoms with Crippen molar-refractivity contribution in [1.29, 1.82) is 0 Å². The highest BCUT2D eigenvalue weighted by Crippen LogP contribution is 2.42. The summed E-state index contributed by atoms with van der Waals surface area (Å²) in [4.78, 5) is 17.1. The number of nitrogens with zero attached hydrogens (tertiary/aromatic N) is 2. The molecule has 3 fully saturated rings. The van der Waals surface area contributed by atoms with Crippen LogP contribution in [0.2, 0.25) is 0 Å². The summed E-state index contributed by atoms with van der Waals surface area (Å²) in [5, 5.41) is 59.4. The van der Waals surface area contributed by atoms with Crippen molar-refractivity contribution >= 4 is 23.6 Å². The number of carbonyl (C=O) groups excluding carboxylic acids is 1. The lowest BCUT2D eigenvalue weighted by Crippen LogP contribution is -2.60. The van der Waals surface area contributed by atoms with Crippen LogP contribution in [-0.2, 0) is 28.5 Å². The predicted molar refractivity (Wildman–Crippen MR) is 219 cm³/mol. The SMILES string of the molecule is CC[C@H]1OC(=O)[C@H](C)[C@@H](OC2CC(C)(C)[C@@H](O)[C@H](C)O2)[C@H](C)[C@@H](O[C@@H]2O[C@H](C)C[C@H](N(C)C)[C@H]2O)[C@@](C)(O)C[C@@H](C)C(=NSc2ccccc2)[C@H](C)[C@@H](O)[C@]1(C)O. The first-order valence-electron chi connectivity index (χ1n) is 20.7. The highest BCUT2D eigenvalue weighted by Gasteiger charge is 2.52. The smallest absolute Gasteiger partial charge is 0.311 e. The Morgan fingerprint density at radius 1 is 0.895 bits per heavy atom. The van der Waals surface area contributed by atoms with Crippen LogP contribution < -0.4 is 0 Å². The minimum Gasteiger partial charge on any atom is -0.459 e. The number of hydrogen-bond donors (Lipinski definition) is 5. The van der Waals surface area contributed by atoms with Gasteiger partial charge in [0.25, 0.3) is 0 Å². The Hall–Kier alpha value is -1.69. The van der Waals surface area contributed by atoms with Crippen LogP contribution in [0.5, 0.6) is 0 Å². The molecule has 3 saturated heterocycles. The van der Waals surface area contributed by atoms with Gasteiger partial charge in [-0.25, -0.2) is 4.40 Å². The second-order valence-corrected chi connectivity index (χ2v) is 19.3. The van der Waals surface area contributed by atoms with E-state index in [2.05, 4.69) is 0 Å². The van der Waals surface area contributed by atoms with Gasteiger partial charge < -0.3 is 54.1 Å². The summed E-state index contributed by atoms with van der Waals surface area (Å²) in [7, 11) is 3.77. The van der Waals surface area contributed by atoms with Gasteiger partial charge in [0.1, 0.15) is 17.8 Å². The maximum atomic E-state index is 14.3. The molecule has 1 unspecified atom stereocenters. The zero-order chi connectivity index (χ0) is 42.8. The molecule has 3 heterocycles. The van der Waals surface area contributed by atoms with Gasteiger partial charge in [0.05, 0.1) is 48.1 Å². The number of ether oxygens (including phenoxy) is 5. The van der Waals surface area contributed by atoms with Gasteiger partial charge >= 0.3 is 5.97 Å². The van der Waals surface area contributed by atoms with Gasteiger partial charge in [-0.05, 0) is 91.4 Å². The fraction of sp³-hybridized carbons (Fsp3) is 0.814. The zero-order valence-corrected chi connectivity index (χ0v) is 37.2. The number of benzene rings is 1. The van der Waals surface area contributed by atoms with Gasteiger partial charge in [-0.15, -0.1) is 0 Å². The third-order valence-electron chi connectivity index (χ3n) is 12.7. The van der Waals surface area contributed by atoms with Crippen molar-refractivity contribution < 1.29 is 54.0 Å². The molecule has 1 aromatic rings. The lowest BCUT2D eigenvalue weighted by Gasteiger charge is -2.49. The molecule has 3 aliphatic heterocycles. The van der Waals surface area contributed by atoms with Crippen molar-refractivity contribution in [3.63, 3.8) is 0 Å². The van der Waals surface area contributed by atoms with Gasteiger partial charge in [0.2, 0.25) is 0 Å². The fourth-order valence-electron chi connectivity index (χ4n) is 9.21. The van der Waals surface area contributed by atoms with Crippen LogP contribution in [0.4, 0.5) is 0 Å². The first-order chi connectivity index (χ1) is 26.4. The van der Waals surface area contributed by atoms with E-state index in [4.69, 9.17) is 28.1 Å². The topological polar surface area (TPSA) is 180 Å². The molecule has 5 N–H and O–H groups in total. The molecule has 57 heavy (non-hydrogen) atoms. The molecular formula is C43H72N2O11S. The number of hydrogen-bond acceptors (Lipinski definition) is 14. The van der Waals surface area contributed by atoms with Crippen molar-refractivity contribution in [2.75, 3.05) is 14.1 Å². The second kappa shape index (κ2) is 19.4. The van der Waals surface area contributed by atoms with Gasteiger partial charge in [-0.1, -0.05) is 59.7 Å². The molecule has 0 bridgehead atoms. The van der Waals surface area contributed by atoms with Crippen LogP contribution in [0.1, 0.15) is 102 Å². The third-order valence-corrected chi connectivity index (χ3v) is 13.5. The molecule has 17 atom stereocenters. The number of aliphatic hydroxyl groups is 5. The van der Waals surface area contributed by atoms with Crippen molar-refractivity contribution in [2.45, 2.75) is 185 Å². The molecule has 0 amide bonds. The lowest BCUT2D eigenvalue weighted by molar-refractivity contribution is -0.312. The first kappa shape index (κ1) is 48.0. The summed E-state index contributed by atoms with van der Waals surface area (Å²) in [6.07, 6.45) is -8.15. The summed E-state index contributed by atoms with van der Waals surface area (Å²) < 4.78 is 37.1. The predicted octanol–water partition coefficient (Wildman–Crippen LogP) is 4.99. The quantitative estimate of drug-likeness (QED) is 0.175. The first-order valence-corrected chi connectivity index (χ1v) is 21.5. The van der Waals surface area contributed by atoms with E-state index in [9.17, 15) is 30.3 Å². The minimum atomic E-state index is -1.89. The third kappa shape index (κ3) is 11.2.